The Hall–Kier alpha value is -1.58. The van der Waals surface area contributed by atoms with Crippen molar-refractivity contribution in [3.05, 3.63) is 47.0 Å². The zero-order valence-electron chi connectivity index (χ0n) is 9.61. The number of hydrogen-bond acceptors (Lipinski definition) is 2. The van der Waals surface area contributed by atoms with Crippen molar-refractivity contribution in [1.82, 2.24) is 5.06 Å². The Kier molecular flexibility index (Phi) is 3.31. The molecule has 0 bridgehead atoms. The molecular formula is C13H12ClNO2. The Labute approximate surface area is 105 Å². The monoisotopic (exact) mass is 249 g/mol. The molecule has 0 radical (unpaired) electrons. The summed E-state index contributed by atoms with van der Waals surface area (Å²) in [6.07, 6.45) is 0. The predicted molar refractivity (Wildman–Crippen MR) is 68.1 cm³/mol. The van der Waals surface area contributed by atoms with E-state index in [2.05, 4.69) is 0 Å². The van der Waals surface area contributed by atoms with Crippen LogP contribution < -0.4 is 0 Å². The number of fused-ring (bicyclic) bond motifs is 1. The van der Waals surface area contributed by atoms with Gasteiger partial charge in [-0.25, -0.2) is 5.06 Å². The summed E-state index contributed by atoms with van der Waals surface area (Å²) >= 11 is 6.09. The van der Waals surface area contributed by atoms with E-state index in [0.29, 0.717) is 10.6 Å². The third kappa shape index (κ3) is 2.12. The van der Waals surface area contributed by atoms with Crippen molar-refractivity contribution >= 4 is 28.3 Å². The van der Waals surface area contributed by atoms with Crippen molar-refractivity contribution < 1.29 is 9.63 Å². The van der Waals surface area contributed by atoms with Gasteiger partial charge < -0.3 is 0 Å². The van der Waals surface area contributed by atoms with Gasteiger partial charge in [0.25, 0.3) is 5.91 Å². The Morgan fingerprint density at radius 3 is 2.53 bits per heavy atom. The van der Waals surface area contributed by atoms with Crippen molar-refractivity contribution in [1.29, 1.82) is 0 Å². The van der Waals surface area contributed by atoms with Crippen LogP contribution in [0.25, 0.3) is 10.8 Å². The zero-order chi connectivity index (χ0) is 12.4. The highest BCUT2D eigenvalue weighted by Crippen LogP contribution is 2.26. The molecule has 88 valence electrons. The highest BCUT2D eigenvalue weighted by molar-refractivity contribution is 6.36. The minimum Gasteiger partial charge on any atom is -0.274 e. The first-order valence-corrected chi connectivity index (χ1v) is 5.52. The average Bonchev–Trinajstić information content (AvgIpc) is 2.37. The molecule has 0 N–H and O–H groups in total. The Morgan fingerprint density at radius 1 is 1.18 bits per heavy atom. The van der Waals surface area contributed by atoms with Gasteiger partial charge in [0.2, 0.25) is 0 Å². The lowest BCUT2D eigenvalue weighted by Gasteiger charge is -2.15. The van der Waals surface area contributed by atoms with E-state index >= 15 is 0 Å². The number of carbonyl (C=O) groups excluding carboxylic acids is 1. The van der Waals surface area contributed by atoms with Gasteiger partial charge in [-0.3, -0.25) is 9.63 Å². The summed E-state index contributed by atoms with van der Waals surface area (Å²) in [5.41, 5.74) is 0.578. The maximum atomic E-state index is 12.1. The number of halogens is 1. The highest BCUT2D eigenvalue weighted by atomic mass is 35.5. The molecule has 2 aromatic rings. The van der Waals surface area contributed by atoms with Crippen molar-refractivity contribution in [2.45, 2.75) is 0 Å². The van der Waals surface area contributed by atoms with Gasteiger partial charge in [0.15, 0.2) is 0 Å². The van der Waals surface area contributed by atoms with Gasteiger partial charge >= 0.3 is 0 Å². The van der Waals surface area contributed by atoms with Crippen LogP contribution in [0, 0.1) is 0 Å². The van der Waals surface area contributed by atoms with Gasteiger partial charge in [-0.1, -0.05) is 35.9 Å². The lowest BCUT2D eigenvalue weighted by Crippen LogP contribution is -2.25. The molecule has 0 aliphatic heterocycles. The second kappa shape index (κ2) is 4.73. The minimum atomic E-state index is -0.194. The van der Waals surface area contributed by atoms with Gasteiger partial charge in [-0.05, 0) is 17.5 Å². The van der Waals surface area contributed by atoms with Crippen LogP contribution >= 0.6 is 11.6 Å². The quantitative estimate of drug-likeness (QED) is 0.766. The van der Waals surface area contributed by atoms with E-state index < -0.39 is 0 Å². The lowest BCUT2D eigenvalue weighted by molar-refractivity contribution is -0.0755. The SMILES string of the molecule is CON(C)C(=O)c1cccc2c(Cl)cccc12. The molecule has 2 rings (SSSR count). The summed E-state index contributed by atoms with van der Waals surface area (Å²) in [6, 6.07) is 11.0. The first-order valence-electron chi connectivity index (χ1n) is 5.14. The van der Waals surface area contributed by atoms with E-state index in [0.717, 1.165) is 10.8 Å². The van der Waals surface area contributed by atoms with Crippen molar-refractivity contribution in [3.8, 4) is 0 Å². The fourth-order valence-corrected chi connectivity index (χ4v) is 1.95. The molecule has 2 aromatic carbocycles. The highest BCUT2D eigenvalue weighted by Gasteiger charge is 2.14. The topological polar surface area (TPSA) is 29.5 Å². The maximum Gasteiger partial charge on any atom is 0.277 e. The summed E-state index contributed by atoms with van der Waals surface area (Å²) in [5, 5.41) is 3.52. The van der Waals surface area contributed by atoms with Crippen LogP contribution in [-0.4, -0.2) is 25.1 Å². The summed E-state index contributed by atoms with van der Waals surface area (Å²) in [4.78, 5) is 17.0. The molecule has 0 saturated carbocycles. The number of nitrogens with zero attached hydrogens (tertiary/aromatic N) is 1. The molecule has 17 heavy (non-hydrogen) atoms. The second-order valence-corrected chi connectivity index (χ2v) is 4.03. The number of amides is 1. The van der Waals surface area contributed by atoms with Gasteiger partial charge in [-0.15, -0.1) is 0 Å². The molecule has 0 unspecified atom stereocenters. The molecule has 0 saturated heterocycles. The molecule has 0 atom stereocenters. The fourth-order valence-electron chi connectivity index (χ4n) is 1.71. The maximum absolute atomic E-state index is 12.1. The molecule has 0 aliphatic carbocycles. The largest absolute Gasteiger partial charge is 0.277 e. The molecule has 0 aromatic heterocycles. The number of carbonyl (C=O) groups is 1. The summed E-state index contributed by atoms with van der Waals surface area (Å²) in [6.45, 7) is 0. The standard InChI is InChI=1S/C13H12ClNO2/c1-15(17-2)13(16)11-7-3-6-10-9(11)5-4-8-12(10)14/h3-8H,1-2H3. The van der Waals surface area contributed by atoms with Gasteiger partial charge in [-0.2, -0.15) is 0 Å². The summed E-state index contributed by atoms with van der Waals surface area (Å²) in [5.74, 6) is -0.194. The van der Waals surface area contributed by atoms with Gasteiger partial charge in [0.05, 0.1) is 7.11 Å². The molecule has 4 heteroatoms. The Bertz CT molecular complexity index is 568. The number of benzene rings is 2. The van der Waals surface area contributed by atoms with Crippen LogP contribution in [0.3, 0.4) is 0 Å². The summed E-state index contributed by atoms with van der Waals surface area (Å²) in [7, 11) is 3.03. The van der Waals surface area contributed by atoms with Crippen LogP contribution in [0.2, 0.25) is 5.02 Å². The van der Waals surface area contributed by atoms with E-state index in [9.17, 15) is 4.79 Å². The molecule has 1 amide bonds. The van der Waals surface area contributed by atoms with Crippen LogP contribution in [0.1, 0.15) is 10.4 Å². The van der Waals surface area contributed by atoms with Crippen LogP contribution in [0.4, 0.5) is 0 Å². The minimum absolute atomic E-state index is 0.194. The number of hydroxylamine groups is 2. The molecular weight excluding hydrogens is 238 g/mol. The van der Waals surface area contributed by atoms with Gasteiger partial charge in [0.1, 0.15) is 0 Å². The fraction of sp³-hybridized carbons (Fsp3) is 0.154. The first kappa shape index (κ1) is 11.9. The number of rotatable bonds is 2. The van der Waals surface area contributed by atoms with E-state index in [1.165, 1.54) is 12.2 Å². The molecule has 0 aliphatic rings. The molecule has 0 fully saturated rings. The average molecular weight is 250 g/mol. The van der Waals surface area contributed by atoms with E-state index in [4.69, 9.17) is 16.4 Å². The summed E-state index contributed by atoms with van der Waals surface area (Å²) < 4.78 is 0. The number of hydrogen-bond donors (Lipinski definition) is 0. The smallest absolute Gasteiger partial charge is 0.274 e. The molecule has 0 spiro atoms. The van der Waals surface area contributed by atoms with Crippen molar-refractivity contribution in [2.24, 2.45) is 0 Å². The Morgan fingerprint density at radius 2 is 1.82 bits per heavy atom. The second-order valence-electron chi connectivity index (χ2n) is 3.63. The van der Waals surface area contributed by atoms with Crippen molar-refractivity contribution in [3.63, 3.8) is 0 Å². The van der Waals surface area contributed by atoms with Gasteiger partial charge in [0, 0.05) is 23.0 Å². The predicted octanol–water partition coefficient (Wildman–Crippen LogP) is 3.13. The zero-order valence-corrected chi connectivity index (χ0v) is 10.4. The first-order chi connectivity index (χ1) is 8.15. The van der Waals surface area contributed by atoms with E-state index in [1.54, 1.807) is 19.2 Å². The lowest BCUT2D eigenvalue weighted by atomic mass is 10.0. The normalized spacial score (nSPS) is 10.5. The van der Waals surface area contributed by atoms with Crippen LogP contribution in [0.5, 0.6) is 0 Å². The van der Waals surface area contributed by atoms with E-state index in [-0.39, 0.29) is 5.91 Å². The Balaban J connectivity index is 2.63. The molecule has 0 heterocycles. The van der Waals surface area contributed by atoms with Crippen LogP contribution in [0.15, 0.2) is 36.4 Å². The van der Waals surface area contributed by atoms with Crippen molar-refractivity contribution in [2.75, 3.05) is 14.2 Å². The third-order valence-electron chi connectivity index (χ3n) is 2.66. The molecule has 3 nitrogen and oxygen atoms in total. The third-order valence-corrected chi connectivity index (χ3v) is 2.99. The van der Waals surface area contributed by atoms with Crippen LogP contribution in [-0.2, 0) is 4.84 Å². The van der Waals surface area contributed by atoms with E-state index in [1.807, 2.05) is 24.3 Å².